The zero-order valence-corrected chi connectivity index (χ0v) is 30.6. The van der Waals surface area contributed by atoms with Gasteiger partial charge in [-0.25, -0.2) is 0 Å². The molecule has 0 saturated heterocycles. The van der Waals surface area contributed by atoms with Gasteiger partial charge in [0, 0.05) is 22.7 Å². The summed E-state index contributed by atoms with van der Waals surface area (Å²) < 4.78 is 0. The molecule has 3 heteroatoms. The minimum atomic E-state index is 0.667. The number of aryl methyl sites for hydroxylation is 4. The Morgan fingerprint density at radius 3 is 1.12 bits per heavy atom. The van der Waals surface area contributed by atoms with Crippen LogP contribution in [0.15, 0.2) is 103 Å². The molecule has 7 rings (SSSR count). The van der Waals surface area contributed by atoms with Gasteiger partial charge in [0.1, 0.15) is 0 Å². The Bertz CT molecular complexity index is 1700. The van der Waals surface area contributed by atoms with Crippen LogP contribution >= 0.6 is 11.6 Å². The predicted octanol–water partition coefficient (Wildman–Crippen LogP) is 14.6. The number of hydrogen-bond acceptors (Lipinski definition) is 2. The van der Waals surface area contributed by atoms with Gasteiger partial charge in [-0.1, -0.05) is 92.6 Å². The van der Waals surface area contributed by atoms with Crippen molar-refractivity contribution >= 4 is 45.7 Å². The summed E-state index contributed by atoms with van der Waals surface area (Å²) in [6, 6.07) is 38.7. The van der Waals surface area contributed by atoms with Gasteiger partial charge in [-0.3, -0.25) is 0 Å². The molecular weight excluding hydrogens is 616 g/mol. The van der Waals surface area contributed by atoms with Crippen LogP contribution in [0.2, 0.25) is 5.02 Å². The fraction of sp³-hybridized carbons (Fsp3) is 0.348. The van der Waals surface area contributed by atoms with Gasteiger partial charge in [-0.15, -0.1) is 0 Å². The first-order valence-corrected chi connectivity index (χ1v) is 19.0. The molecule has 0 bridgehead atoms. The average molecular weight is 667 g/mol. The highest BCUT2D eigenvalue weighted by Gasteiger charge is 2.24. The van der Waals surface area contributed by atoms with E-state index in [9.17, 15) is 0 Å². The van der Waals surface area contributed by atoms with Gasteiger partial charge in [0.2, 0.25) is 0 Å². The lowest BCUT2D eigenvalue weighted by Gasteiger charge is -2.32. The zero-order chi connectivity index (χ0) is 33.9. The molecule has 0 aliphatic heterocycles. The van der Waals surface area contributed by atoms with E-state index in [2.05, 4.69) is 141 Å². The maximum atomic E-state index is 7.68. The minimum absolute atomic E-state index is 0.667. The Morgan fingerprint density at radius 2 is 0.776 bits per heavy atom. The third-order valence-corrected chi connectivity index (χ3v) is 11.2. The molecule has 0 heterocycles. The van der Waals surface area contributed by atoms with Crippen molar-refractivity contribution in [3.05, 3.63) is 142 Å². The quantitative estimate of drug-likeness (QED) is 0.163. The van der Waals surface area contributed by atoms with Crippen LogP contribution in [0.4, 0.5) is 34.1 Å². The SMILES string of the molecule is Cc1cc(C)cc(N(c2ccc(C3CCCCC3)cc2)c2cccc(N(c3ccc(C4CCCCC4)cc3)c3cc(C)cc(C)c3)c2Cl)c1. The fourth-order valence-corrected chi connectivity index (χ4v) is 8.83. The highest BCUT2D eigenvalue weighted by molar-refractivity contribution is 6.36. The summed E-state index contributed by atoms with van der Waals surface area (Å²) in [6.07, 6.45) is 13.3. The molecule has 2 saturated carbocycles. The van der Waals surface area contributed by atoms with Crippen LogP contribution in [-0.4, -0.2) is 0 Å². The van der Waals surface area contributed by atoms with E-state index in [-0.39, 0.29) is 0 Å². The van der Waals surface area contributed by atoms with Crippen molar-refractivity contribution in [2.24, 2.45) is 0 Å². The first-order chi connectivity index (χ1) is 23.8. The number of rotatable bonds is 8. The van der Waals surface area contributed by atoms with E-state index in [1.54, 1.807) is 0 Å². The van der Waals surface area contributed by atoms with Gasteiger partial charge in [0.15, 0.2) is 0 Å². The van der Waals surface area contributed by atoms with E-state index >= 15 is 0 Å². The predicted molar refractivity (Wildman–Crippen MR) is 211 cm³/mol. The Balaban J connectivity index is 1.34. The summed E-state index contributed by atoms with van der Waals surface area (Å²) in [5.74, 6) is 1.33. The third-order valence-electron chi connectivity index (χ3n) is 10.8. The maximum absolute atomic E-state index is 7.68. The van der Waals surface area contributed by atoms with Gasteiger partial charge in [0.25, 0.3) is 0 Å². The molecule has 0 atom stereocenters. The molecule has 5 aromatic rings. The second-order valence-corrected chi connectivity index (χ2v) is 15.2. The van der Waals surface area contributed by atoms with Crippen LogP contribution in [0.25, 0.3) is 0 Å². The van der Waals surface area contributed by atoms with E-state index in [0.29, 0.717) is 11.8 Å². The van der Waals surface area contributed by atoms with Gasteiger partial charge < -0.3 is 9.80 Å². The number of hydrogen-bond donors (Lipinski definition) is 0. The molecule has 2 nitrogen and oxygen atoms in total. The molecule has 0 aromatic heterocycles. The van der Waals surface area contributed by atoms with Gasteiger partial charge >= 0.3 is 0 Å². The van der Waals surface area contributed by atoms with Crippen molar-refractivity contribution in [2.45, 2.75) is 104 Å². The minimum Gasteiger partial charge on any atom is -0.309 e. The Labute approximate surface area is 299 Å². The van der Waals surface area contributed by atoms with Gasteiger partial charge in [-0.2, -0.15) is 0 Å². The normalized spacial score (nSPS) is 15.7. The van der Waals surface area contributed by atoms with Crippen molar-refractivity contribution in [1.82, 2.24) is 0 Å². The molecule has 2 fully saturated rings. The van der Waals surface area contributed by atoms with Crippen LogP contribution < -0.4 is 9.80 Å². The third kappa shape index (κ3) is 7.46. The van der Waals surface area contributed by atoms with E-state index in [1.165, 1.54) is 97.6 Å². The smallest absolute Gasteiger partial charge is 0.0887 e. The Hall–Kier alpha value is -4.01. The maximum Gasteiger partial charge on any atom is 0.0887 e. The largest absolute Gasteiger partial charge is 0.309 e. The van der Waals surface area contributed by atoms with Crippen molar-refractivity contribution in [3.8, 4) is 0 Å². The molecule has 252 valence electrons. The molecule has 0 spiro atoms. The van der Waals surface area contributed by atoms with Gasteiger partial charge in [-0.05, 0) is 159 Å². The first kappa shape index (κ1) is 33.5. The van der Waals surface area contributed by atoms with Crippen LogP contribution in [-0.2, 0) is 0 Å². The van der Waals surface area contributed by atoms with Gasteiger partial charge in [0.05, 0.1) is 16.4 Å². The fourth-order valence-electron chi connectivity index (χ4n) is 8.53. The molecule has 0 N–H and O–H groups in total. The molecule has 0 amide bonds. The standard InChI is InChI=1S/C46H51ClN2/c1-32-26-33(2)29-42(28-32)48(40-22-18-38(19-23-40)36-12-7-5-8-13-36)44-16-11-17-45(46(44)47)49(43-30-34(3)27-35(4)31-43)41-24-20-39(21-25-41)37-14-9-6-10-15-37/h11,16-31,36-37H,5-10,12-15H2,1-4H3. The second-order valence-electron chi connectivity index (χ2n) is 14.8. The number of halogens is 1. The van der Waals surface area contributed by atoms with Crippen molar-refractivity contribution in [2.75, 3.05) is 9.80 Å². The molecule has 0 radical (unpaired) electrons. The van der Waals surface area contributed by atoms with E-state index in [1.807, 2.05) is 0 Å². The second kappa shape index (κ2) is 14.9. The molecule has 49 heavy (non-hydrogen) atoms. The van der Waals surface area contributed by atoms with E-state index < -0.39 is 0 Å². The summed E-state index contributed by atoms with van der Waals surface area (Å²) in [6.45, 7) is 8.71. The topological polar surface area (TPSA) is 6.48 Å². The van der Waals surface area contributed by atoms with Crippen LogP contribution in [0, 0.1) is 27.7 Å². The van der Waals surface area contributed by atoms with E-state index in [0.717, 1.165) is 39.1 Å². The number of nitrogens with zero attached hydrogens (tertiary/aromatic N) is 2. The van der Waals surface area contributed by atoms with E-state index in [4.69, 9.17) is 11.6 Å². The zero-order valence-electron chi connectivity index (χ0n) is 29.8. The summed E-state index contributed by atoms with van der Waals surface area (Å²) in [5.41, 5.74) is 14.3. The first-order valence-electron chi connectivity index (χ1n) is 18.6. The number of benzene rings is 5. The molecule has 2 aliphatic carbocycles. The molecular formula is C46H51ClN2. The summed E-state index contributed by atoms with van der Waals surface area (Å²) in [7, 11) is 0. The van der Waals surface area contributed by atoms with Crippen LogP contribution in [0.5, 0.6) is 0 Å². The number of anilines is 6. The van der Waals surface area contributed by atoms with Crippen molar-refractivity contribution in [1.29, 1.82) is 0 Å². The highest BCUT2D eigenvalue weighted by Crippen LogP contribution is 2.48. The molecule has 2 aliphatic rings. The lowest BCUT2D eigenvalue weighted by molar-refractivity contribution is 0.443. The highest BCUT2D eigenvalue weighted by atomic mass is 35.5. The Morgan fingerprint density at radius 1 is 0.429 bits per heavy atom. The van der Waals surface area contributed by atoms with Crippen molar-refractivity contribution in [3.63, 3.8) is 0 Å². The summed E-state index contributed by atoms with van der Waals surface area (Å²) in [4.78, 5) is 4.70. The van der Waals surface area contributed by atoms with Crippen LogP contribution in [0.1, 0.15) is 109 Å². The van der Waals surface area contributed by atoms with Crippen LogP contribution in [0.3, 0.4) is 0 Å². The summed E-state index contributed by atoms with van der Waals surface area (Å²) >= 11 is 7.68. The van der Waals surface area contributed by atoms with Crippen molar-refractivity contribution < 1.29 is 0 Å². The summed E-state index contributed by atoms with van der Waals surface area (Å²) in [5, 5.41) is 0.730. The monoisotopic (exact) mass is 666 g/mol. The average Bonchev–Trinajstić information content (AvgIpc) is 3.10. The molecule has 0 unspecified atom stereocenters. The molecule has 5 aromatic carbocycles. The Kier molecular flexibility index (Phi) is 10.1. The lowest BCUT2D eigenvalue weighted by atomic mass is 9.84. The lowest BCUT2D eigenvalue weighted by Crippen LogP contribution is -2.15.